The number of ketones is 1. The standard InChI is InChI=1S/C18H26F2NOP.C12H17N.C3H5F3O.C2H5N.C2H6/c1-4-13-14(16(22)5-2)9-12(10-15(13)18(19,20)23)11-21-17(3)7-6-8-17;1-3-5-12(13)9-11-7-4-6-10(2)8-11;1-2-7-3(4,5)6;1-2-3;1-2/h9-10,21H,4-8,11,23H2,1-3H3;4,6-8,13H,3,5,9H2,1-2H3;2H2,1H3;2-3H,1H3;1-2H3. The van der Waals surface area contributed by atoms with Crippen molar-refractivity contribution in [2.24, 2.45) is 0 Å². The predicted molar refractivity (Wildman–Crippen MR) is 194 cm³/mol. The lowest BCUT2D eigenvalue weighted by Crippen LogP contribution is -2.47. The zero-order chi connectivity index (χ0) is 37.6. The second kappa shape index (κ2) is 24.6. The minimum absolute atomic E-state index is 0.0418. The predicted octanol–water partition coefficient (Wildman–Crippen LogP) is 11.4. The van der Waals surface area contributed by atoms with Crippen LogP contribution in [0, 0.1) is 17.7 Å². The highest BCUT2D eigenvalue weighted by Gasteiger charge is 2.33. The molecule has 5 nitrogen and oxygen atoms in total. The van der Waals surface area contributed by atoms with Gasteiger partial charge in [-0.3, -0.25) is 9.53 Å². The third-order valence-corrected chi connectivity index (χ3v) is 7.49. The number of rotatable bonds is 12. The van der Waals surface area contributed by atoms with Gasteiger partial charge < -0.3 is 16.1 Å². The molecular weight excluding hydrogens is 644 g/mol. The quantitative estimate of drug-likeness (QED) is 0.0890. The zero-order valence-electron chi connectivity index (χ0n) is 30.4. The molecule has 48 heavy (non-hydrogen) atoms. The minimum Gasteiger partial charge on any atom is -0.313 e. The molecule has 1 unspecified atom stereocenters. The van der Waals surface area contributed by atoms with Crippen molar-refractivity contribution in [1.82, 2.24) is 5.32 Å². The highest BCUT2D eigenvalue weighted by Crippen LogP contribution is 2.39. The van der Waals surface area contributed by atoms with Crippen LogP contribution in [0.15, 0.2) is 36.4 Å². The molecule has 11 heteroatoms. The maximum Gasteiger partial charge on any atom is 0.522 e. The Kier molecular flexibility index (Phi) is 24.3. The van der Waals surface area contributed by atoms with Gasteiger partial charge in [0.15, 0.2) is 5.78 Å². The van der Waals surface area contributed by atoms with E-state index in [0.29, 0.717) is 30.5 Å². The number of ether oxygens (including phenoxy) is 1. The molecule has 274 valence electrons. The molecule has 1 atom stereocenters. The van der Waals surface area contributed by atoms with Crippen LogP contribution in [0.5, 0.6) is 0 Å². The Labute approximate surface area is 288 Å². The van der Waals surface area contributed by atoms with Crippen LogP contribution >= 0.6 is 9.24 Å². The summed E-state index contributed by atoms with van der Waals surface area (Å²) >= 11 is 0. The Balaban J connectivity index is 0. The van der Waals surface area contributed by atoms with Gasteiger partial charge >= 0.3 is 6.36 Å². The third kappa shape index (κ3) is 20.1. The van der Waals surface area contributed by atoms with Gasteiger partial charge in [0.05, 0.1) is 6.61 Å². The van der Waals surface area contributed by atoms with Gasteiger partial charge in [-0.1, -0.05) is 80.1 Å². The van der Waals surface area contributed by atoms with Gasteiger partial charge in [0.1, 0.15) is 0 Å². The van der Waals surface area contributed by atoms with E-state index < -0.39 is 12.0 Å². The first kappa shape index (κ1) is 47.6. The van der Waals surface area contributed by atoms with Gasteiger partial charge in [-0.2, -0.15) is 8.78 Å². The highest BCUT2D eigenvalue weighted by atomic mass is 31.0. The van der Waals surface area contributed by atoms with Gasteiger partial charge in [0.2, 0.25) is 0 Å². The fraction of sp³-hybridized carbons (Fsp3) is 0.595. The topological polar surface area (TPSA) is 86.0 Å². The number of nitrogens with one attached hydrogen (secondary N) is 3. The van der Waals surface area contributed by atoms with E-state index in [9.17, 15) is 26.7 Å². The van der Waals surface area contributed by atoms with E-state index in [-0.39, 0.29) is 23.5 Å². The van der Waals surface area contributed by atoms with Crippen molar-refractivity contribution >= 4 is 26.9 Å². The average molecular weight is 704 g/mol. The number of alkyl halides is 5. The molecular formula is C37H59F5N3O2P. The lowest BCUT2D eigenvalue weighted by Gasteiger charge is -2.39. The molecule has 1 saturated carbocycles. The first-order chi connectivity index (χ1) is 22.4. The average Bonchev–Trinajstić information content (AvgIpc) is 2.99. The molecule has 2 aromatic carbocycles. The van der Waals surface area contributed by atoms with Crippen molar-refractivity contribution in [3.05, 3.63) is 69.8 Å². The zero-order valence-corrected chi connectivity index (χ0v) is 31.6. The molecule has 1 aliphatic rings. The lowest BCUT2D eigenvalue weighted by atomic mass is 9.78. The van der Waals surface area contributed by atoms with E-state index in [1.165, 1.54) is 30.7 Å². The van der Waals surface area contributed by atoms with Crippen molar-refractivity contribution in [3.63, 3.8) is 0 Å². The largest absolute Gasteiger partial charge is 0.522 e. The van der Waals surface area contributed by atoms with Crippen LogP contribution in [0.1, 0.15) is 132 Å². The van der Waals surface area contributed by atoms with Gasteiger partial charge in [0.25, 0.3) is 5.66 Å². The van der Waals surface area contributed by atoms with Crippen LogP contribution in [0.4, 0.5) is 22.0 Å². The molecule has 2 aromatic rings. The number of Topliss-reactive ketones (excluding diaryl/α,β-unsaturated/α-hetero) is 1. The normalized spacial score (nSPS) is 13.0. The van der Waals surface area contributed by atoms with Crippen LogP contribution in [0.2, 0.25) is 0 Å². The van der Waals surface area contributed by atoms with Gasteiger partial charge in [-0.05, 0) is 94.8 Å². The van der Waals surface area contributed by atoms with Crippen LogP contribution in [0.3, 0.4) is 0 Å². The van der Waals surface area contributed by atoms with Crippen LogP contribution in [-0.4, -0.2) is 36.2 Å². The number of carbonyl (C=O) groups is 1. The maximum absolute atomic E-state index is 14.0. The summed E-state index contributed by atoms with van der Waals surface area (Å²) in [5, 5.41) is 17.2. The molecule has 1 aliphatic carbocycles. The van der Waals surface area contributed by atoms with Gasteiger partial charge in [-0.15, -0.1) is 13.2 Å². The molecule has 0 aromatic heterocycles. The minimum atomic E-state index is -4.45. The summed E-state index contributed by atoms with van der Waals surface area (Å²) in [6, 6.07) is 11.7. The SMILES string of the molecule is CC.CC=N.CCC(=O)c1cc(CNC2(C)CCC2)cc(C(F)(F)P)c1CC.CCCC(=N)Cc1cccc(C)c1.CCOC(F)(F)F. The van der Waals surface area contributed by atoms with E-state index in [1.54, 1.807) is 35.2 Å². The number of hydrogen-bond acceptors (Lipinski definition) is 5. The van der Waals surface area contributed by atoms with Crippen molar-refractivity contribution < 1.29 is 31.5 Å². The van der Waals surface area contributed by atoms with Crippen molar-refractivity contribution in [3.8, 4) is 0 Å². The van der Waals surface area contributed by atoms with Crippen molar-refractivity contribution in [2.75, 3.05) is 6.61 Å². The van der Waals surface area contributed by atoms with Crippen molar-refractivity contribution in [2.45, 2.75) is 138 Å². The van der Waals surface area contributed by atoms with E-state index >= 15 is 0 Å². The summed E-state index contributed by atoms with van der Waals surface area (Å²) in [6.45, 7) is 17.1. The maximum atomic E-state index is 14.0. The summed E-state index contributed by atoms with van der Waals surface area (Å²) in [5.41, 5.74) is 2.09. The number of benzene rings is 2. The molecule has 0 amide bonds. The summed E-state index contributed by atoms with van der Waals surface area (Å²) in [7, 11) is 1.60. The number of halogens is 5. The van der Waals surface area contributed by atoms with Crippen LogP contribution in [0.25, 0.3) is 0 Å². The number of aryl methyl sites for hydroxylation is 1. The summed E-state index contributed by atoms with van der Waals surface area (Å²) < 4.78 is 63.8. The Bertz CT molecular complexity index is 1230. The van der Waals surface area contributed by atoms with E-state index in [0.717, 1.165) is 43.4 Å². The van der Waals surface area contributed by atoms with Gasteiger partial charge in [-0.25, -0.2) is 0 Å². The molecule has 3 N–H and O–H groups in total. The monoisotopic (exact) mass is 703 g/mol. The molecule has 0 bridgehead atoms. The number of hydrogen-bond donors (Lipinski definition) is 3. The Morgan fingerprint density at radius 2 is 1.62 bits per heavy atom. The summed E-state index contributed by atoms with van der Waals surface area (Å²) in [4.78, 5) is 12.2. The molecule has 1 fully saturated rings. The Morgan fingerprint density at radius 1 is 1.04 bits per heavy atom. The first-order valence-corrected chi connectivity index (χ1v) is 17.4. The fourth-order valence-electron chi connectivity index (χ4n) is 4.77. The van der Waals surface area contributed by atoms with Crippen molar-refractivity contribution in [1.29, 1.82) is 10.8 Å². The molecule has 0 aliphatic heterocycles. The summed E-state index contributed by atoms with van der Waals surface area (Å²) in [6.07, 6.45) is 3.77. The Hall–Kier alpha value is -2.55. The molecule has 0 saturated heterocycles. The highest BCUT2D eigenvalue weighted by molar-refractivity contribution is 7.17. The fourth-order valence-corrected chi connectivity index (χ4v) is 5.03. The van der Waals surface area contributed by atoms with Crippen LogP contribution < -0.4 is 5.32 Å². The molecule has 0 heterocycles. The second-order valence-corrected chi connectivity index (χ2v) is 12.1. The lowest BCUT2D eigenvalue weighted by molar-refractivity contribution is -0.322. The first-order valence-electron chi connectivity index (χ1n) is 16.8. The third-order valence-electron chi connectivity index (χ3n) is 7.18. The van der Waals surface area contributed by atoms with E-state index in [4.69, 9.17) is 10.8 Å². The van der Waals surface area contributed by atoms with E-state index in [1.807, 2.05) is 20.8 Å². The molecule has 3 rings (SSSR count). The Morgan fingerprint density at radius 3 is 2.00 bits per heavy atom. The molecule has 0 radical (unpaired) electrons. The second-order valence-electron chi connectivity index (χ2n) is 11.4. The van der Waals surface area contributed by atoms with E-state index in [2.05, 4.69) is 55.1 Å². The number of carbonyl (C=O) groups excluding carboxylic acids is 1. The molecule has 0 spiro atoms. The smallest absolute Gasteiger partial charge is 0.313 e. The van der Waals surface area contributed by atoms with Crippen LogP contribution in [-0.2, 0) is 29.8 Å². The summed E-state index contributed by atoms with van der Waals surface area (Å²) in [5.74, 6) is -0.0749. The van der Waals surface area contributed by atoms with Gasteiger partial charge in [0, 0.05) is 41.8 Å².